The fourth-order valence-electron chi connectivity index (χ4n) is 2.92. The number of amides is 1. The Balaban J connectivity index is 1.70. The van der Waals surface area contributed by atoms with Crippen molar-refractivity contribution in [2.45, 2.75) is 6.18 Å². The predicted molar refractivity (Wildman–Crippen MR) is 102 cm³/mol. The number of hydrogen-bond donors (Lipinski definition) is 1. The summed E-state index contributed by atoms with van der Waals surface area (Å²) < 4.78 is 44.3. The molecule has 0 radical (unpaired) electrons. The molecule has 3 aromatic rings. The van der Waals surface area contributed by atoms with Gasteiger partial charge in [-0.25, -0.2) is 0 Å². The zero-order chi connectivity index (χ0) is 20.1. The van der Waals surface area contributed by atoms with Crippen molar-refractivity contribution in [2.24, 2.45) is 0 Å². The molecule has 2 aromatic carbocycles. The fraction of sp³-hybridized carbons (Fsp3) is 0.0500. The molecule has 3 nitrogen and oxygen atoms in total. The third-order valence-corrected chi connectivity index (χ3v) is 4.79. The normalized spacial score (nSPS) is 15.0. The van der Waals surface area contributed by atoms with Crippen molar-refractivity contribution in [3.05, 3.63) is 75.5 Å². The van der Waals surface area contributed by atoms with Crippen molar-refractivity contribution in [1.82, 2.24) is 0 Å². The third kappa shape index (κ3) is 3.41. The molecule has 1 aliphatic heterocycles. The van der Waals surface area contributed by atoms with Crippen molar-refractivity contribution < 1.29 is 22.4 Å². The fourth-order valence-corrected chi connectivity index (χ4v) is 3.42. The number of halogens is 5. The Hall–Kier alpha value is -2.70. The molecule has 0 saturated carbocycles. The predicted octanol–water partition coefficient (Wildman–Crippen LogP) is 6.76. The number of anilines is 1. The number of hydrogen-bond acceptors (Lipinski definition) is 2. The number of nitrogens with one attached hydrogen (secondary N) is 1. The van der Waals surface area contributed by atoms with Crippen LogP contribution in [0.25, 0.3) is 23.0 Å². The van der Waals surface area contributed by atoms with Gasteiger partial charge >= 0.3 is 6.18 Å². The van der Waals surface area contributed by atoms with Gasteiger partial charge in [-0.2, -0.15) is 13.2 Å². The van der Waals surface area contributed by atoms with Crippen LogP contribution in [0.2, 0.25) is 10.0 Å². The molecule has 0 aliphatic carbocycles. The van der Waals surface area contributed by atoms with Crippen LogP contribution in [-0.2, 0) is 11.0 Å². The van der Waals surface area contributed by atoms with E-state index in [-0.39, 0.29) is 11.3 Å². The van der Waals surface area contributed by atoms with Crippen LogP contribution in [0, 0.1) is 0 Å². The smallest absolute Gasteiger partial charge is 0.416 e. The molecule has 28 heavy (non-hydrogen) atoms. The molecule has 0 spiro atoms. The first-order valence-electron chi connectivity index (χ1n) is 8.02. The summed E-state index contributed by atoms with van der Waals surface area (Å²) >= 11 is 12.1. The van der Waals surface area contributed by atoms with Crippen LogP contribution in [-0.4, -0.2) is 5.91 Å². The zero-order valence-corrected chi connectivity index (χ0v) is 15.4. The molecule has 0 unspecified atom stereocenters. The number of benzene rings is 2. The second kappa shape index (κ2) is 6.72. The first-order chi connectivity index (χ1) is 13.2. The number of carbonyl (C=O) groups excluding carboxylic acids is 1. The summed E-state index contributed by atoms with van der Waals surface area (Å²) in [6, 6.07) is 11.4. The molecule has 1 aliphatic rings. The first-order valence-corrected chi connectivity index (χ1v) is 8.78. The average Bonchev–Trinajstić information content (AvgIpc) is 3.19. The van der Waals surface area contributed by atoms with Gasteiger partial charge < -0.3 is 9.73 Å². The summed E-state index contributed by atoms with van der Waals surface area (Å²) in [6.07, 6.45) is -3.01. The zero-order valence-electron chi connectivity index (χ0n) is 13.9. The maximum absolute atomic E-state index is 12.9. The van der Waals surface area contributed by atoms with Gasteiger partial charge in [0.1, 0.15) is 11.5 Å². The molecule has 2 heterocycles. The van der Waals surface area contributed by atoms with Crippen LogP contribution < -0.4 is 5.32 Å². The lowest BCUT2D eigenvalue weighted by atomic mass is 10.0. The van der Waals surface area contributed by atoms with Crippen LogP contribution >= 0.6 is 23.2 Å². The Kier molecular flexibility index (Phi) is 4.48. The van der Waals surface area contributed by atoms with Crippen LogP contribution in [0.3, 0.4) is 0 Å². The maximum atomic E-state index is 12.9. The van der Waals surface area contributed by atoms with E-state index in [9.17, 15) is 18.0 Å². The van der Waals surface area contributed by atoms with Gasteiger partial charge in [-0.1, -0.05) is 29.3 Å². The quantitative estimate of drug-likeness (QED) is 0.462. The summed E-state index contributed by atoms with van der Waals surface area (Å²) in [6.45, 7) is 0. The Bertz CT molecular complexity index is 1130. The third-order valence-electron chi connectivity index (χ3n) is 4.24. The standard InChI is InChI=1S/C20H10Cl2F3NO2/c21-11-2-5-14(16(22)8-11)18-6-3-12(28-18)9-15-13-4-1-10(20(23,24)25)7-17(13)26-19(15)27/h1-9H,(H,26,27)/b15-9+. The van der Waals surface area contributed by atoms with Crippen molar-refractivity contribution >= 4 is 46.4 Å². The Labute approximate surface area is 167 Å². The van der Waals surface area contributed by atoms with Gasteiger partial charge in [0.05, 0.1) is 16.2 Å². The van der Waals surface area contributed by atoms with Crippen molar-refractivity contribution in [1.29, 1.82) is 0 Å². The number of furan rings is 1. The van der Waals surface area contributed by atoms with E-state index < -0.39 is 17.6 Å². The number of carbonyl (C=O) groups is 1. The second-order valence-corrected chi connectivity index (χ2v) is 6.94. The van der Waals surface area contributed by atoms with E-state index in [0.717, 1.165) is 12.1 Å². The van der Waals surface area contributed by atoms with E-state index in [1.807, 2.05) is 0 Å². The molecule has 0 bridgehead atoms. The lowest BCUT2D eigenvalue weighted by molar-refractivity contribution is -0.137. The molecule has 1 amide bonds. The largest absolute Gasteiger partial charge is 0.457 e. The van der Waals surface area contributed by atoms with Gasteiger partial charge in [-0.15, -0.1) is 0 Å². The Morgan fingerprint density at radius 3 is 2.43 bits per heavy atom. The molecule has 8 heteroatoms. The van der Waals surface area contributed by atoms with Gasteiger partial charge in [0.2, 0.25) is 0 Å². The highest BCUT2D eigenvalue weighted by Crippen LogP contribution is 2.39. The summed E-state index contributed by atoms with van der Waals surface area (Å²) in [5.74, 6) is 0.329. The van der Waals surface area contributed by atoms with Crippen LogP contribution in [0.1, 0.15) is 16.9 Å². The van der Waals surface area contributed by atoms with Crippen LogP contribution in [0.15, 0.2) is 52.9 Å². The number of fused-ring (bicyclic) bond motifs is 1. The lowest BCUT2D eigenvalue weighted by Gasteiger charge is -2.07. The highest BCUT2D eigenvalue weighted by Gasteiger charge is 2.33. The minimum Gasteiger partial charge on any atom is -0.457 e. The molecule has 4 rings (SSSR count). The summed E-state index contributed by atoms with van der Waals surface area (Å²) in [4.78, 5) is 12.2. The molecule has 1 N–H and O–H groups in total. The van der Waals surface area contributed by atoms with Gasteiger partial charge in [0, 0.05) is 21.8 Å². The maximum Gasteiger partial charge on any atom is 0.416 e. The lowest BCUT2D eigenvalue weighted by Crippen LogP contribution is -2.06. The van der Waals surface area contributed by atoms with Gasteiger partial charge in [0.15, 0.2) is 0 Å². The molecular weight excluding hydrogens is 414 g/mol. The molecule has 1 aromatic heterocycles. The Morgan fingerprint density at radius 2 is 1.71 bits per heavy atom. The molecular formula is C20H10Cl2F3NO2. The highest BCUT2D eigenvalue weighted by atomic mass is 35.5. The monoisotopic (exact) mass is 423 g/mol. The molecule has 0 fully saturated rings. The van der Waals surface area contributed by atoms with E-state index >= 15 is 0 Å². The van der Waals surface area contributed by atoms with Gasteiger partial charge in [-0.05, 0) is 48.5 Å². The molecule has 0 saturated heterocycles. The molecule has 142 valence electrons. The summed E-state index contributed by atoms with van der Waals surface area (Å²) in [7, 11) is 0. The summed E-state index contributed by atoms with van der Waals surface area (Å²) in [5.41, 5.74) is 0.498. The average molecular weight is 424 g/mol. The van der Waals surface area contributed by atoms with E-state index in [4.69, 9.17) is 27.6 Å². The van der Waals surface area contributed by atoms with Crippen LogP contribution in [0.5, 0.6) is 0 Å². The number of rotatable bonds is 2. The van der Waals surface area contributed by atoms with Gasteiger partial charge in [-0.3, -0.25) is 4.79 Å². The van der Waals surface area contributed by atoms with Crippen LogP contribution in [0.4, 0.5) is 18.9 Å². The first kappa shape index (κ1) is 18.7. The minimum atomic E-state index is -4.49. The highest BCUT2D eigenvalue weighted by molar-refractivity contribution is 6.36. The van der Waals surface area contributed by atoms with E-state index in [2.05, 4.69) is 5.32 Å². The minimum absolute atomic E-state index is 0.110. The van der Waals surface area contributed by atoms with Crippen molar-refractivity contribution in [3.8, 4) is 11.3 Å². The van der Waals surface area contributed by atoms with E-state index in [0.29, 0.717) is 32.7 Å². The summed E-state index contributed by atoms with van der Waals surface area (Å²) in [5, 5.41) is 3.34. The van der Waals surface area contributed by atoms with Crippen molar-refractivity contribution in [2.75, 3.05) is 5.32 Å². The van der Waals surface area contributed by atoms with Crippen molar-refractivity contribution in [3.63, 3.8) is 0 Å². The SMILES string of the molecule is O=C1Nc2cc(C(F)(F)F)ccc2/C1=C\c1ccc(-c2ccc(Cl)cc2Cl)o1. The van der Waals surface area contributed by atoms with E-state index in [1.165, 1.54) is 12.1 Å². The second-order valence-electron chi connectivity index (χ2n) is 6.10. The number of alkyl halides is 3. The topological polar surface area (TPSA) is 42.2 Å². The Morgan fingerprint density at radius 1 is 0.964 bits per heavy atom. The van der Waals surface area contributed by atoms with E-state index in [1.54, 1.807) is 30.3 Å². The molecule has 0 atom stereocenters. The van der Waals surface area contributed by atoms with Gasteiger partial charge in [0.25, 0.3) is 5.91 Å².